The van der Waals surface area contributed by atoms with Crippen molar-refractivity contribution in [2.45, 2.75) is 39.5 Å². The molecule has 32 heavy (non-hydrogen) atoms. The Morgan fingerprint density at radius 1 is 0.844 bits per heavy atom. The highest BCUT2D eigenvalue weighted by molar-refractivity contribution is 5.94. The molecule has 8 nitrogen and oxygen atoms in total. The summed E-state index contributed by atoms with van der Waals surface area (Å²) < 4.78 is 9.99. The first-order chi connectivity index (χ1) is 15.4. The van der Waals surface area contributed by atoms with Crippen LogP contribution in [0.5, 0.6) is 0 Å². The van der Waals surface area contributed by atoms with Gasteiger partial charge < -0.3 is 20.1 Å². The van der Waals surface area contributed by atoms with Crippen molar-refractivity contribution >= 4 is 35.1 Å². The molecule has 0 heterocycles. The van der Waals surface area contributed by atoms with Crippen molar-refractivity contribution in [2.75, 3.05) is 23.8 Å². The molecular weight excluding hydrogens is 412 g/mol. The molecule has 0 atom stereocenters. The molecular formula is C24H28N2O6. The molecule has 0 saturated carbocycles. The third-order valence-corrected chi connectivity index (χ3v) is 4.29. The van der Waals surface area contributed by atoms with Crippen LogP contribution in [0.1, 0.15) is 48.5 Å². The van der Waals surface area contributed by atoms with E-state index < -0.39 is 17.8 Å². The van der Waals surface area contributed by atoms with Gasteiger partial charge in [-0.1, -0.05) is 19.1 Å². The fourth-order valence-electron chi connectivity index (χ4n) is 2.72. The Kier molecular flexibility index (Phi) is 9.90. The van der Waals surface area contributed by atoms with Gasteiger partial charge in [0.15, 0.2) is 6.61 Å². The molecule has 0 spiro atoms. The first-order valence-corrected chi connectivity index (χ1v) is 10.5. The van der Waals surface area contributed by atoms with Crippen LogP contribution in [0.4, 0.5) is 11.4 Å². The second kappa shape index (κ2) is 12.9. The minimum absolute atomic E-state index is 0.0212. The second-order valence-electron chi connectivity index (χ2n) is 7.19. The summed E-state index contributed by atoms with van der Waals surface area (Å²) in [6.45, 7) is 3.80. The number of esters is 2. The predicted octanol–water partition coefficient (Wildman–Crippen LogP) is 3.85. The van der Waals surface area contributed by atoms with Crippen LogP contribution in [0.3, 0.4) is 0 Å². The molecule has 0 aliphatic rings. The molecule has 0 bridgehead atoms. The molecule has 2 rings (SSSR count). The van der Waals surface area contributed by atoms with E-state index in [-0.39, 0.29) is 31.8 Å². The number of carbonyl (C=O) groups is 4. The van der Waals surface area contributed by atoms with Crippen LogP contribution in [0.25, 0.3) is 0 Å². The van der Waals surface area contributed by atoms with Gasteiger partial charge in [0, 0.05) is 24.2 Å². The fraction of sp³-hybridized carbons (Fsp3) is 0.333. The maximum Gasteiger partial charge on any atom is 0.338 e. The quantitative estimate of drug-likeness (QED) is 0.514. The summed E-state index contributed by atoms with van der Waals surface area (Å²) in [6, 6.07) is 13.7. The van der Waals surface area contributed by atoms with Crippen LogP contribution < -0.4 is 10.6 Å². The maximum atomic E-state index is 12.0. The summed E-state index contributed by atoms with van der Waals surface area (Å²) in [6.07, 6.45) is 1.16. The monoisotopic (exact) mass is 440 g/mol. The van der Waals surface area contributed by atoms with E-state index in [0.717, 1.165) is 12.0 Å². The van der Waals surface area contributed by atoms with Crippen molar-refractivity contribution in [1.29, 1.82) is 0 Å². The van der Waals surface area contributed by atoms with E-state index in [4.69, 9.17) is 9.47 Å². The Morgan fingerprint density at radius 2 is 1.56 bits per heavy atom. The van der Waals surface area contributed by atoms with Gasteiger partial charge in [0.05, 0.1) is 12.2 Å². The van der Waals surface area contributed by atoms with Crippen molar-refractivity contribution in [2.24, 2.45) is 0 Å². The first kappa shape index (κ1) is 24.6. The van der Waals surface area contributed by atoms with Crippen LogP contribution in [-0.4, -0.2) is 37.0 Å². The molecule has 0 radical (unpaired) electrons. The first-order valence-electron chi connectivity index (χ1n) is 10.5. The summed E-state index contributed by atoms with van der Waals surface area (Å²) in [5, 5.41) is 5.35. The van der Waals surface area contributed by atoms with Gasteiger partial charge in [-0.05, 0) is 61.7 Å². The molecule has 2 amide bonds. The van der Waals surface area contributed by atoms with E-state index in [2.05, 4.69) is 10.6 Å². The summed E-state index contributed by atoms with van der Waals surface area (Å²) >= 11 is 0. The van der Waals surface area contributed by atoms with Crippen molar-refractivity contribution in [3.8, 4) is 0 Å². The number of anilines is 2. The highest BCUT2D eigenvalue weighted by Crippen LogP contribution is 2.12. The number of aryl methyl sites for hydroxylation is 1. The van der Waals surface area contributed by atoms with Crippen LogP contribution in [0.2, 0.25) is 0 Å². The number of benzene rings is 2. The minimum Gasteiger partial charge on any atom is -0.462 e. The molecule has 2 aromatic carbocycles. The highest BCUT2D eigenvalue weighted by atomic mass is 16.5. The molecule has 0 unspecified atom stereocenters. The summed E-state index contributed by atoms with van der Waals surface area (Å²) in [4.78, 5) is 47.4. The standard InChI is InChI=1S/C24H28N2O6/c1-3-14-31-24(30)18-10-12-19(13-11-18)25-21(27)8-5-9-23(29)32-16-22(28)26-20-7-4-6-17(2)15-20/h4,6-7,10-13,15H,3,5,8-9,14,16H2,1-2H3,(H,25,27)(H,26,28). The Balaban J connectivity index is 1.64. The van der Waals surface area contributed by atoms with Crippen molar-refractivity contribution in [1.82, 2.24) is 0 Å². The number of nitrogens with one attached hydrogen (secondary N) is 2. The van der Waals surface area contributed by atoms with Crippen molar-refractivity contribution in [3.63, 3.8) is 0 Å². The SMILES string of the molecule is CCCOC(=O)c1ccc(NC(=O)CCCC(=O)OCC(=O)Nc2cccc(C)c2)cc1. The Labute approximate surface area is 187 Å². The molecule has 0 aliphatic heterocycles. The van der Waals surface area contributed by atoms with Gasteiger partial charge in [0.25, 0.3) is 5.91 Å². The lowest BCUT2D eigenvalue weighted by Crippen LogP contribution is -2.21. The lowest BCUT2D eigenvalue weighted by Gasteiger charge is -2.08. The van der Waals surface area contributed by atoms with E-state index in [1.807, 2.05) is 32.0 Å². The third-order valence-electron chi connectivity index (χ3n) is 4.29. The second-order valence-corrected chi connectivity index (χ2v) is 7.19. The van der Waals surface area contributed by atoms with E-state index in [1.165, 1.54) is 0 Å². The van der Waals surface area contributed by atoms with Crippen LogP contribution in [0, 0.1) is 6.92 Å². The number of rotatable bonds is 11. The largest absolute Gasteiger partial charge is 0.462 e. The molecule has 8 heteroatoms. The van der Waals surface area contributed by atoms with Gasteiger partial charge >= 0.3 is 11.9 Å². The Hall–Kier alpha value is -3.68. The Morgan fingerprint density at radius 3 is 2.25 bits per heavy atom. The van der Waals surface area contributed by atoms with E-state index >= 15 is 0 Å². The molecule has 2 N–H and O–H groups in total. The van der Waals surface area contributed by atoms with Crippen molar-refractivity contribution in [3.05, 3.63) is 59.7 Å². The summed E-state index contributed by atoms with van der Waals surface area (Å²) in [5.74, 6) is -1.65. The van der Waals surface area contributed by atoms with Gasteiger partial charge in [-0.15, -0.1) is 0 Å². The molecule has 0 saturated heterocycles. The summed E-state index contributed by atoms with van der Waals surface area (Å²) in [7, 11) is 0. The zero-order chi connectivity index (χ0) is 23.3. The van der Waals surface area contributed by atoms with Gasteiger partial charge in [0.2, 0.25) is 5.91 Å². The zero-order valence-corrected chi connectivity index (χ0v) is 18.3. The number of hydrogen-bond donors (Lipinski definition) is 2. The van der Waals surface area contributed by atoms with E-state index in [9.17, 15) is 19.2 Å². The number of carbonyl (C=O) groups excluding carboxylic acids is 4. The highest BCUT2D eigenvalue weighted by Gasteiger charge is 2.11. The predicted molar refractivity (Wildman–Crippen MR) is 120 cm³/mol. The molecule has 0 aliphatic carbocycles. The number of amides is 2. The average molecular weight is 440 g/mol. The summed E-state index contributed by atoms with van der Waals surface area (Å²) in [5.41, 5.74) is 2.58. The smallest absolute Gasteiger partial charge is 0.338 e. The maximum absolute atomic E-state index is 12.0. The van der Waals surface area contributed by atoms with Gasteiger partial charge in [-0.25, -0.2) is 4.79 Å². The van der Waals surface area contributed by atoms with Crippen LogP contribution in [-0.2, 0) is 23.9 Å². The lowest BCUT2D eigenvalue weighted by molar-refractivity contribution is -0.147. The van der Waals surface area contributed by atoms with Gasteiger partial charge in [0.1, 0.15) is 0 Å². The molecule has 0 fully saturated rings. The van der Waals surface area contributed by atoms with Gasteiger partial charge in [-0.2, -0.15) is 0 Å². The van der Waals surface area contributed by atoms with Crippen LogP contribution in [0.15, 0.2) is 48.5 Å². The van der Waals surface area contributed by atoms with E-state index in [1.54, 1.807) is 30.3 Å². The Bertz CT molecular complexity index is 940. The molecule has 0 aromatic heterocycles. The lowest BCUT2D eigenvalue weighted by atomic mass is 10.2. The van der Waals surface area contributed by atoms with Gasteiger partial charge in [-0.3, -0.25) is 14.4 Å². The average Bonchev–Trinajstić information content (AvgIpc) is 2.76. The fourth-order valence-corrected chi connectivity index (χ4v) is 2.72. The van der Waals surface area contributed by atoms with E-state index in [0.29, 0.717) is 23.5 Å². The minimum atomic E-state index is -0.549. The number of ether oxygens (including phenoxy) is 2. The molecule has 2 aromatic rings. The van der Waals surface area contributed by atoms with Crippen LogP contribution >= 0.6 is 0 Å². The third kappa shape index (κ3) is 8.99. The molecule has 170 valence electrons. The normalized spacial score (nSPS) is 10.2. The number of hydrogen-bond acceptors (Lipinski definition) is 6. The van der Waals surface area contributed by atoms with Crippen molar-refractivity contribution < 1.29 is 28.7 Å². The zero-order valence-electron chi connectivity index (χ0n) is 18.3. The topological polar surface area (TPSA) is 111 Å².